The number of ether oxygens (including phenoxy) is 1. The molecule has 2 fully saturated rings. The fourth-order valence-electron chi connectivity index (χ4n) is 4.17. The molecule has 2 aliphatic carbocycles. The van der Waals surface area contributed by atoms with Gasteiger partial charge < -0.3 is 20.4 Å². The van der Waals surface area contributed by atoms with Gasteiger partial charge in [-0.15, -0.1) is 0 Å². The zero-order valence-corrected chi connectivity index (χ0v) is 19.0. The van der Waals surface area contributed by atoms with Gasteiger partial charge in [-0.2, -0.15) is 0 Å². The number of rotatable bonds is 9. The van der Waals surface area contributed by atoms with Crippen molar-refractivity contribution in [3.8, 4) is 0 Å². The number of amides is 2. The van der Waals surface area contributed by atoms with Crippen LogP contribution in [-0.2, 0) is 16.1 Å². The first-order valence-electron chi connectivity index (χ1n) is 11.6. The Morgan fingerprint density at radius 3 is 2.74 bits per heavy atom. The van der Waals surface area contributed by atoms with E-state index >= 15 is 0 Å². The molecule has 5 rings (SSSR count). The Hall–Kier alpha value is -3.75. The van der Waals surface area contributed by atoms with Gasteiger partial charge in [-0.3, -0.25) is 9.59 Å². The number of nitrogens with one attached hydrogen (secondary N) is 3. The summed E-state index contributed by atoms with van der Waals surface area (Å²) in [5.41, 5.74) is 3.76. The predicted molar refractivity (Wildman–Crippen MR) is 124 cm³/mol. The Kier molecular flexibility index (Phi) is 6.00. The lowest BCUT2D eigenvalue weighted by Crippen LogP contribution is -2.39. The number of carbonyl (C=O) groups excluding carboxylic acids is 3. The van der Waals surface area contributed by atoms with Crippen molar-refractivity contribution in [1.29, 1.82) is 0 Å². The van der Waals surface area contributed by atoms with Crippen LogP contribution < -0.4 is 10.6 Å². The van der Waals surface area contributed by atoms with Crippen LogP contribution in [0.15, 0.2) is 36.7 Å². The van der Waals surface area contributed by atoms with Crippen molar-refractivity contribution in [3.05, 3.63) is 59.0 Å². The molecule has 34 heavy (non-hydrogen) atoms. The maximum atomic E-state index is 12.9. The third-order valence-electron chi connectivity index (χ3n) is 6.46. The molecule has 9 nitrogen and oxygen atoms in total. The van der Waals surface area contributed by atoms with E-state index in [1.165, 1.54) is 7.11 Å². The number of esters is 1. The van der Waals surface area contributed by atoms with E-state index in [1.807, 2.05) is 6.07 Å². The molecule has 2 amide bonds. The monoisotopic (exact) mass is 461 g/mol. The normalized spacial score (nSPS) is 16.1. The molecule has 3 aromatic rings. The third kappa shape index (κ3) is 4.78. The number of carbonyl (C=O) groups is 3. The van der Waals surface area contributed by atoms with Crippen LogP contribution in [0.2, 0.25) is 0 Å². The molecule has 0 saturated heterocycles. The van der Waals surface area contributed by atoms with E-state index in [4.69, 9.17) is 4.74 Å². The molecule has 2 aliphatic rings. The molecular weight excluding hydrogens is 434 g/mol. The van der Waals surface area contributed by atoms with Gasteiger partial charge in [0.2, 0.25) is 5.91 Å². The summed E-state index contributed by atoms with van der Waals surface area (Å²) < 4.78 is 4.75. The quantitative estimate of drug-likeness (QED) is 0.421. The minimum atomic E-state index is -0.419. The van der Waals surface area contributed by atoms with Crippen LogP contribution in [0.1, 0.15) is 63.6 Å². The highest BCUT2D eigenvalue weighted by molar-refractivity contribution is 6.04. The minimum Gasteiger partial charge on any atom is -0.465 e. The zero-order chi connectivity index (χ0) is 23.7. The first-order valence-corrected chi connectivity index (χ1v) is 11.6. The molecule has 2 aromatic heterocycles. The largest absolute Gasteiger partial charge is 0.465 e. The third-order valence-corrected chi connectivity index (χ3v) is 6.46. The summed E-state index contributed by atoms with van der Waals surface area (Å²) in [4.78, 5) is 49.6. The number of hydrogen-bond acceptors (Lipinski definition) is 6. The second-order valence-electron chi connectivity index (χ2n) is 9.03. The van der Waals surface area contributed by atoms with E-state index in [0.717, 1.165) is 36.9 Å². The van der Waals surface area contributed by atoms with Crippen LogP contribution in [0.25, 0.3) is 11.2 Å². The van der Waals surface area contributed by atoms with Crippen molar-refractivity contribution in [3.63, 3.8) is 0 Å². The fourth-order valence-corrected chi connectivity index (χ4v) is 4.17. The Morgan fingerprint density at radius 1 is 1.18 bits per heavy atom. The summed E-state index contributed by atoms with van der Waals surface area (Å²) in [5, 5.41) is 5.87. The number of hydrogen-bond donors (Lipinski definition) is 3. The van der Waals surface area contributed by atoms with Crippen molar-refractivity contribution in [2.45, 2.75) is 38.1 Å². The summed E-state index contributed by atoms with van der Waals surface area (Å²) in [5.74, 6) is -0.410. The highest BCUT2D eigenvalue weighted by atomic mass is 16.5. The number of benzene rings is 1. The van der Waals surface area contributed by atoms with Crippen molar-refractivity contribution < 1.29 is 19.1 Å². The van der Waals surface area contributed by atoms with Crippen LogP contribution in [-0.4, -0.2) is 46.4 Å². The van der Waals surface area contributed by atoms with Crippen molar-refractivity contribution in [2.24, 2.45) is 11.8 Å². The van der Waals surface area contributed by atoms with E-state index < -0.39 is 5.97 Å². The Bertz CT molecular complexity index is 1250. The van der Waals surface area contributed by atoms with Crippen LogP contribution in [0.5, 0.6) is 0 Å². The molecule has 2 saturated carbocycles. The topological polar surface area (TPSA) is 126 Å². The Balaban J connectivity index is 1.21. The predicted octanol–water partition coefficient (Wildman–Crippen LogP) is 2.69. The molecule has 2 heterocycles. The van der Waals surface area contributed by atoms with E-state index in [2.05, 4.69) is 25.6 Å². The van der Waals surface area contributed by atoms with Gasteiger partial charge in [-0.05, 0) is 49.3 Å². The van der Waals surface area contributed by atoms with Crippen LogP contribution in [0.4, 0.5) is 0 Å². The molecule has 0 aliphatic heterocycles. The maximum absolute atomic E-state index is 12.9. The summed E-state index contributed by atoms with van der Waals surface area (Å²) in [6, 6.07) is 6.97. The summed E-state index contributed by atoms with van der Waals surface area (Å²) >= 11 is 0. The first kappa shape index (κ1) is 22.1. The van der Waals surface area contributed by atoms with E-state index in [1.54, 1.807) is 30.6 Å². The maximum Gasteiger partial charge on any atom is 0.337 e. The molecule has 0 radical (unpaired) electrons. The van der Waals surface area contributed by atoms with Crippen molar-refractivity contribution in [1.82, 2.24) is 25.6 Å². The number of fused-ring (bicyclic) bond motifs is 1. The van der Waals surface area contributed by atoms with Crippen molar-refractivity contribution in [2.75, 3.05) is 13.7 Å². The second kappa shape index (κ2) is 9.24. The first-order chi connectivity index (χ1) is 16.5. The highest BCUT2D eigenvalue weighted by Gasteiger charge is 2.36. The van der Waals surface area contributed by atoms with Crippen LogP contribution >= 0.6 is 0 Å². The van der Waals surface area contributed by atoms with E-state index in [9.17, 15) is 14.4 Å². The lowest BCUT2D eigenvalue weighted by Gasteiger charge is -2.17. The average Bonchev–Trinajstić information content (AvgIpc) is 3.80. The van der Waals surface area contributed by atoms with Gasteiger partial charge in [0, 0.05) is 25.2 Å². The number of methoxy groups -OCH3 is 1. The average molecular weight is 462 g/mol. The molecule has 1 aromatic carbocycles. The van der Waals surface area contributed by atoms with Gasteiger partial charge in [0.25, 0.3) is 5.91 Å². The van der Waals surface area contributed by atoms with Crippen LogP contribution in [0, 0.1) is 11.8 Å². The standard InChI is InChI=1S/C25H27N5O4/c1-34-25(33)17-4-2-3-14(9-17)10-28-23(31)18(15-5-6-15)11-29-24(32)19-12-26-22-21(19)30-20(13-27-22)16-7-8-16/h2-4,9,12-13,15-16,18H,5-8,10-11H2,1H3,(H,26,27)(H,28,31)(H,29,32). The lowest BCUT2D eigenvalue weighted by molar-refractivity contribution is -0.125. The molecular formula is C25H27N5O4. The highest BCUT2D eigenvalue weighted by Crippen LogP contribution is 2.39. The van der Waals surface area contributed by atoms with E-state index in [-0.39, 0.29) is 30.2 Å². The SMILES string of the molecule is COC(=O)c1cccc(CNC(=O)C(CNC(=O)c2c[nH]c3ncc(C4CC4)nc23)C2CC2)c1. The number of H-pyrrole nitrogens is 1. The summed E-state index contributed by atoms with van der Waals surface area (Å²) in [7, 11) is 1.33. The number of aromatic amines is 1. The van der Waals surface area contributed by atoms with Gasteiger partial charge in [0.1, 0.15) is 5.52 Å². The summed E-state index contributed by atoms with van der Waals surface area (Å²) in [6.45, 7) is 0.544. The van der Waals surface area contributed by atoms with Crippen molar-refractivity contribution >= 4 is 28.9 Å². The number of nitrogens with zero attached hydrogens (tertiary/aromatic N) is 2. The summed E-state index contributed by atoms with van der Waals surface area (Å²) in [6.07, 6.45) is 7.54. The molecule has 176 valence electrons. The van der Waals surface area contributed by atoms with Gasteiger partial charge in [0.05, 0.1) is 36.0 Å². The molecule has 1 unspecified atom stereocenters. The smallest absolute Gasteiger partial charge is 0.337 e. The molecule has 1 atom stereocenters. The number of aromatic nitrogens is 3. The lowest BCUT2D eigenvalue weighted by atomic mass is 10.0. The zero-order valence-electron chi connectivity index (χ0n) is 19.0. The minimum absolute atomic E-state index is 0.110. The molecule has 9 heteroatoms. The Morgan fingerprint density at radius 2 is 2.00 bits per heavy atom. The Labute approximate surface area is 196 Å². The fraction of sp³-hybridized carbons (Fsp3) is 0.400. The molecule has 0 bridgehead atoms. The molecule has 3 N–H and O–H groups in total. The van der Waals surface area contributed by atoms with Gasteiger partial charge in [-0.25, -0.2) is 14.8 Å². The second-order valence-corrected chi connectivity index (χ2v) is 9.03. The van der Waals surface area contributed by atoms with E-state index in [0.29, 0.717) is 34.8 Å². The van der Waals surface area contributed by atoms with Gasteiger partial charge in [0.15, 0.2) is 5.65 Å². The molecule has 0 spiro atoms. The van der Waals surface area contributed by atoms with Gasteiger partial charge in [-0.1, -0.05) is 12.1 Å². The van der Waals surface area contributed by atoms with Crippen LogP contribution in [0.3, 0.4) is 0 Å². The van der Waals surface area contributed by atoms with Gasteiger partial charge >= 0.3 is 5.97 Å².